The molecule has 11 heteroatoms. The Labute approximate surface area is 177 Å². The number of carbonyl (C=O) groups is 1. The van der Waals surface area contributed by atoms with E-state index in [0.717, 1.165) is 11.3 Å². The molecule has 1 heterocycles. The lowest BCUT2D eigenvalue weighted by Crippen LogP contribution is -2.30. The number of carbonyl (C=O) groups excluding carboxylic acids is 1. The molecule has 1 aromatic heterocycles. The van der Waals surface area contributed by atoms with Crippen molar-refractivity contribution in [2.24, 2.45) is 0 Å². The van der Waals surface area contributed by atoms with Crippen LogP contribution in [0.2, 0.25) is 5.02 Å². The fourth-order valence-corrected chi connectivity index (χ4v) is 5.07. The standard InChI is InChI=1S/C18H17ClN4O4S2/c1-3-23(14-8-10-15(27-2)11-9-14)29(25,26)18-22-21-17(28-18)20-16(24)12-4-6-13(19)7-5-12/h4-11H,3H2,1-2H3,(H,20,21,24). The van der Waals surface area contributed by atoms with Crippen molar-refractivity contribution in [1.82, 2.24) is 10.2 Å². The molecule has 0 saturated carbocycles. The third-order valence-electron chi connectivity index (χ3n) is 3.89. The molecule has 0 radical (unpaired) electrons. The van der Waals surface area contributed by atoms with E-state index in [1.165, 1.54) is 11.4 Å². The molecule has 0 aliphatic heterocycles. The normalized spacial score (nSPS) is 11.1. The van der Waals surface area contributed by atoms with Gasteiger partial charge in [0.15, 0.2) is 0 Å². The highest BCUT2D eigenvalue weighted by Gasteiger charge is 2.28. The first-order valence-electron chi connectivity index (χ1n) is 8.42. The average Bonchev–Trinajstić information content (AvgIpc) is 3.19. The molecule has 2 aromatic carbocycles. The van der Waals surface area contributed by atoms with Crippen LogP contribution >= 0.6 is 22.9 Å². The number of nitrogens with one attached hydrogen (secondary N) is 1. The number of nitrogens with zero attached hydrogens (tertiary/aromatic N) is 3. The first kappa shape index (κ1) is 21.0. The fraction of sp³-hybridized carbons (Fsp3) is 0.167. The number of amides is 1. The summed E-state index contributed by atoms with van der Waals surface area (Å²) in [5.41, 5.74) is 0.831. The van der Waals surface area contributed by atoms with Gasteiger partial charge in [-0.25, -0.2) is 0 Å². The maximum absolute atomic E-state index is 13.0. The fourth-order valence-electron chi connectivity index (χ4n) is 2.47. The van der Waals surface area contributed by atoms with Crippen molar-refractivity contribution in [2.75, 3.05) is 23.3 Å². The maximum atomic E-state index is 13.0. The molecule has 0 saturated heterocycles. The van der Waals surface area contributed by atoms with Gasteiger partial charge in [-0.15, -0.1) is 10.2 Å². The minimum Gasteiger partial charge on any atom is -0.497 e. The highest BCUT2D eigenvalue weighted by molar-refractivity contribution is 7.94. The largest absolute Gasteiger partial charge is 0.497 e. The summed E-state index contributed by atoms with van der Waals surface area (Å²) in [5.74, 6) is 0.176. The molecular formula is C18H17ClN4O4S2. The summed E-state index contributed by atoms with van der Waals surface area (Å²) in [7, 11) is -2.41. The van der Waals surface area contributed by atoms with Gasteiger partial charge in [-0.1, -0.05) is 22.9 Å². The number of sulfonamides is 1. The van der Waals surface area contributed by atoms with Crippen LogP contribution in [0.1, 0.15) is 17.3 Å². The predicted molar refractivity (Wildman–Crippen MR) is 113 cm³/mol. The molecule has 0 bridgehead atoms. The molecule has 0 unspecified atom stereocenters. The minimum absolute atomic E-state index is 0.0781. The van der Waals surface area contributed by atoms with Crippen LogP contribution in [0.5, 0.6) is 5.75 Å². The van der Waals surface area contributed by atoms with Crippen LogP contribution in [0.3, 0.4) is 0 Å². The highest BCUT2D eigenvalue weighted by Crippen LogP contribution is 2.28. The Balaban J connectivity index is 1.81. The van der Waals surface area contributed by atoms with E-state index in [1.54, 1.807) is 55.5 Å². The molecule has 1 amide bonds. The summed E-state index contributed by atoms with van der Waals surface area (Å²) in [4.78, 5) is 12.3. The van der Waals surface area contributed by atoms with Gasteiger partial charge in [0, 0.05) is 17.1 Å². The van der Waals surface area contributed by atoms with E-state index in [0.29, 0.717) is 22.0 Å². The number of ether oxygens (including phenoxy) is 1. The molecule has 0 aliphatic carbocycles. The molecule has 1 N–H and O–H groups in total. The Morgan fingerprint density at radius 1 is 1.14 bits per heavy atom. The van der Waals surface area contributed by atoms with Gasteiger partial charge in [0.1, 0.15) is 5.75 Å². The molecular weight excluding hydrogens is 436 g/mol. The van der Waals surface area contributed by atoms with Crippen LogP contribution in [0.4, 0.5) is 10.8 Å². The van der Waals surface area contributed by atoms with Crippen LogP contribution < -0.4 is 14.4 Å². The van der Waals surface area contributed by atoms with E-state index in [2.05, 4.69) is 15.5 Å². The van der Waals surface area contributed by atoms with Crippen molar-refractivity contribution in [2.45, 2.75) is 11.3 Å². The summed E-state index contributed by atoms with van der Waals surface area (Å²) in [6.45, 7) is 1.91. The van der Waals surface area contributed by atoms with Crippen molar-refractivity contribution in [1.29, 1.82) is 0 Å². The van der Waals surface area contributed by atoms with E-state index < -0.39 is 15.9 Å². The number of rotatable bonds is 7. The van der Waals surface area contributed by atoms with E-state index in [4.69, 9.17) is 16.3 Å². The molecule has 0 fully saturated rings. The van der Waals surface area contributed by atoms with Crippen LogP contribution in [-0.4, -0.2) is 38.2 Å². The Hall–Kier alpha value is -2.69. The van der Waals surface area contributed by atoms with Gasteiger partial charge in [0.25, 0.3) is 20.3 Å². The van der Waals surface area contributed by atoms with Crippen molar-refractivity contribution in [3.63, 3.8) is 0 Å². The number of anilines is 2. The quantitative estimate of drug-likeness (QED) is 0.549. The molecule has 8 nitrogen and oxygen atoms in total. The lowest BCUT2D eigenvalue weighted by atomic mass is 10.2. The maximum Gasteiger partial charge on any atom is 0.293 e. The first-order chi connectivity index (χ1) is 13.8. The summed E-state index contributed by atoms with van der Waals surface area (Å²) in [5, 5.41) is 10.7. The zero-order chi connectivity index (χ0) is 21.0. The van der Waals surface area contributed by atoms with Gasteiger partial charge in [0.05, 0.1) is 12.8 Å². The third kappa shape index (κ3) is 4.66. The van der Waals surface area contributed by atoms with Crippen molar-refractivity contribution < 1.29 is 17.9 Å². The molecule has 3 rings (SSSR count). The number of aromatic nitrogens is 2. The smallest absolute Gasteiger partial charge is 0.293 e. The number of methoxy groups -OCH3 is 1. The second kappa shape index (κ2) is 8.76. The molecule has 3 aromatic rings. The highest BCUT2D eigenvalue weighted by atomic mass is 35.5. The summed E-state index contributed by atoms with van der Waals surface area (Å²) in [6.07, 6.45) is 0. The minimum atomic E-state index is -3.94. The van der Waals surface area contributed by atoms with Gasteiger partial charge in [-0.3, -0.25) is 14.4 Å². The van der Waals surface area contributed by atoms with Gasteiger partial charge < -0.3 is 4.74 Å². The van der Waals surface area contributed by atoms with Crippen LogP contribution in [0.15, 0.2) is 52.9 Å². The van der Waals surface area contributed by atoms with E-state index in [9.17, 15) is 13.2 Å². The summed E-state index contributed by atoms with van der Waals surface area (Å²) in [6, 6.07) is 12.9. The van der Waals surface area contributed by atoms with E-state index in [-0.39, 0.29) is 16.0 Å². The number of hydrogen-bond acceptors (Lipinski definition) is 7. The third-order valence-corrected chi connectivity index (χ3v) is 7.23. The second-order valence-electron chi connectivity index (χ2n) is 5.70. The molecule has 152 valence electrons. The zero-order valence-corrected chi connectivity index (χ0v) is 17.9. The molecule has 29 heavy (non-hydrogen) atoms. The van der Waals surface area contributed by atoms with E-state index >= 15 is 0 Å². The Morgan fingerprint density at radius 3 is 2.38 bits per heavy atom. The molecule has 0 spiro atoms. The monoisotopic (exact) mass is 452 g/mol. The number of halogens is 1. The van der Waals surface area contributed by atoms with Crippen LogP contribution in [-0.2, 0) is 10.0 Å². The van der Waals surface area contributed by atoms with Gasteiger partial charge in [0.2, 0.25) is 5.13 Å². The van der Waals surface area contributed by atoms with Crippen molar-refractivity contribution in [3.05, 3.63) is 59.1 Å². The van der Waals surface area contributed by atoms with Gasteiger partial charge in [-0.05, 0) is 55.5 Å². The number of benzene rings is 2. The molecule has 0 atom stereocenters. The summed E-state index contributed by atoms with van der Waals surface area (Å²) < 4.78 is 32.1. The first-order valence-corrected chi connectivity index (χ1v) is 11.1. The van der Waals surface area contributed by atoms with E-state index in [1.807, 2.05) is 0 Å². The second-order valence-corrected chi connectivity index (χ2v) is 9.15. The van der Waals surface area contributed by atoms with Crippen LogP contribution in [0, 0.1) is 0 Å². The average molecular weight is 453 g/mol. The van der Waals surface area contributed by atoms with Gasteiger partial charge in [-0.2, -0.15) is 8.42 Å². The SMILES string of the molecule is CCN(c1ccc(OC)cc1)S(=O)(=O)c1nnc(NC(=O)c2ccc(Cl)cc2)s1. The van der Waals surface area contributed by atoms with Gasteiger partial charge >= 0.3 is 0 Å². The van der Waals surface area contributed by atoms with Crippen molar-refractivity contribution in [3.8, 4) is 5.75 Å². The predicted octanol–water partition coefficient (Wildman–Crippen LogP) is 3.67. The lowest BCUT2D eigenvalue weighted by Gasteiger charge is -2.21. The summed E-state index contributed by atoms with van der Waals surface area (Å²) >= 11 is 6.59. The Morgan fingerprint density at radius 2 is 1.79 bits per heavy atom. The lowest BCUT2D eigenvalue weighted by molar-refractivity contribution is 0.102. The molecule has 0 aliphatic rings. The zero-order valence-electron chi connectivity index (χ0n) is 15.5. The van der Waals surface area contributed by atoms with Crippen molar-refractivity contribution >= 4 is 49.7 Å². The number of hydrogen-bond donors (Lipinski definition) is 1. The van der Waals surface area contributed by atoms with Crippen LogP contribution in [0.25, 0.3) is 0 Å². The Bertz CT molecular complexity index is 1100. The Kier molecular flexibility index (Phi) is 6.36. The topological polar surface area (TPSA) is 101 Å².